The summed E-state index contributed by atoms with van der Waals surface area (Å²) < 4.78 is 5.80. The molecule has 0 radical (unpaired) electrons. The Balaban J connectivity index is 1.79. The molecule has 3 rings (SSSR count). The van der Waals surface area contributed by atoms with E-state index in [1.54, 1.807) is 4.90 Å². The largest absolute Gasteiger partial charge is 0.481 e. The molecule has 1 atom stereocenters. The van der Waals surface area contributed by atoms with Crippen LogP contribution in [0, 0.1) is 0 Å². The van der Waals surface area contributed by atoms with Crippen LogP contribution in [0.3, 0.4) is 0 Å². The fraction of sp³-hybridized carbons (Fsp3) is 0.333. The molecule has 0 spiro atoms. The maximum Gasteiger partial charge on any atom is 0.303 e. The maximum atomic E-state index is 13.2. The molecule has 1 amide bonds. The third-order valence-electron chi connectivity index (χ3n) is 4.56. The van der Waals surface area contributed by atoms with Crippen LogP contribution < -0.4 is 0 Å². The minimum Gasteiger partial charge on any atom is -0.481 e. The monoisotopic (exact) mass is 353 g/mol. The number of ether oxygens (including phenoxy) is 1. The fourth-order valence-electron chi connectivity index (χ4n) is 3.26. The van der Waals surface area contributed by atoms with Crippen LogP contribution in [0.15, 0.2) is 54.6 Å². The van der Waals surface area contributed by atoms with Crippen molar-refractivity contribution in [3.63, 3.8) is 0 Å². The normalized spacial score (nSPS) is 15.9. The lowest BCUT2D eigenvalue weighted by Gasteiger charge is -2.31. The summed E-state index contributed by atoms with van der Waals surface area (Å²) in [5.74, 6) is -0.956. The highest BCUT2D eigenvalue weighted by atomic mass is 16.5. The van der Waals surface area contributed by atoms with Crippen LogP contribution in [0.1, 0.15) is 35.6 Å². The van der Waals surface area contributed by atoms with Gasteiger partial charge in [0.2, 0.25) is 0 Å². The first kappa shape index (κ1) is 18.1. The lowest BCUT2D eigenvalue weighted by Crippen LogP contribution is -2.38. The van der Waals surface area contributed by atoms with Crippen molar-refractivity contribution in [1.82, 2.24) is 4.90 Å². The van der Waals surface area contributed by atoms with Crippen molar-refractivity contribution in [3.8, 4) is 0 Å². The van der Waals surface area contributed by atoms with E-state index in [9.17, 15) is 9.59 Å². The molecule has 0 saturated heterocycles. The zero-order valence-electron chi connectivity index (χ0n) is 14.6. The number of benzene rings is 2. The molecule has 1 heterocycles. The molecule has 136 valence electrons. The Morgan fingerprint density at radius 1 is 1.08 bits per heavy atom. The van der Waals surface area contributed by atoms with Gasteiger partial charge >= 0.3 is 5.97 Å². The number of carboxylic acids is 1. The van der Waals surface area contributed by atoms with Crippen LogP contribution in [0.25, 0.3) is 0 Å². The summed E-state index contributed by atoms with van der Waals surface area (Å²) >= 11 is 0. The molecule has 1 unspecified atom stereocenters. The van der Waals surface area contributed by atoms with Gasteiger partial charge in [0, 0.05) is 19.5 Å². The first-order valence-corrected chi connectivity index (χ1v) is 8.89. The van der Waals surface area contributed by atoms with Crippen molar-refractivity contribution in [2.45, 2.75) is 31.9 Å². The molecule has 0 fully saturated rings. The number of carbonyl (C=O) groups excluding carboxylic acids is 1. The Bertz CT molecular complexity index is 760. The van der Waals surface area contributed by atoms with Crippen molar-refractivity contribution < 1.29 is 19.4 Å². The second-order valence-electron chi connectivity index (χ2n) is 6.44. The Morgan fingerprint density at radius 3 is 2.58 bits per heavy atom. The van der Waals surface area contributed by atoms with Gasteiger partial charge in [-0.05, 0) is 29.5 Å². The summed E-state index contributed by atoms with van der Waals surface area (Å²) in [6.45, 7) is 1.35. The van der Waals surface area contributed by atoms with Crippen molar-refractivity contribution >= 4 is 11.9 Å². The molecule has 0 aliphatic carbocycles. The summed E-state index contributed by atoms with van der Waals surface area (Å²) in [7, 11) is 0. The third-order valence-corrected chi connectivity index (χ3v) is 4.56. The summed E-state index contributed by atoms with van der Waals surface area (Å²) in [6, 6.07) is 17.6. The third kappa shape index (κ3) is 4.49. The van der Waals surface area contributed by atoms with E-state index < -0.39 is 12.1 Å². The van der Waals surface area contributed by atoms with Gasteiger partial charge in [0.25, 0.3) is 5.91 Å². The summed E-state index contributed by atoms with van der Waals surface area (Å²) in [5.41, 5.74) is 3.07. The van der Waals surface area contributed by atoms with E-state index in [1.165, 1.54) is 0 Å². The van der Waals surface area contributed by atoms with E-state index in [2.05, 4.69) is 0 Å². The van der Waals surface area contributed by atoms with Crippen molar-refractivity contribution in [3.05, 3.63) is 71.3 Å². The Morgan fingerprint density at radius 2 is 1.81 bits per heavy atom. The minimum atomic E-state index is -0.851. The second kappa shape index (κ2) is 8.63. The van der Waals surface area contributed by atoms with Gasteiger partial charge in [-0.2, -0.15) is 0 Å². The minimum absolute atomic E-state index is 0.0423. The van der Waals surface area contributed by atoms with E-state index >= 15 is 0 Å². The highest BCUT2D eigenvalue weighted by Crippen LogP contribution is 2.29. The van der Waals surface area contributed by atoms with E-state index in [0.29, 0.717) is 26.1 Å². The zero-order chi connectivity index (χ0) is 18.4. The molecule has 5 heteroatoms. The number of fused-ring (bicyclic) bond motifs is 1. The molecule has 0 saturated carbocycles. The van der Waals surface area contributed by atoms with Crippen LogP contribution in [0.5, 0.6) is 0 Å². The van der Waals surface area contributed by atoms with Gasteiger partial charge in [-0.1, -0.05) is 54.6 Å². The van der Waals surface area contributed by atoms with Gasteiger partial charge in [-0.25, -0.2) is 0 Å². The first-order valence-electron chi connectivity index (χ1n) is 8.89. The molecule has 5 nitrogen and oxygen atoms in total. The molecule has 0 bridgehead atoms. The molecule has 2 aromatic rings. The number of rotatable bonds is 7. The lowest BCUT2D eigenvalue weighted by atomic mass is 9.96. The van der Waals surface area contributed by atoms with Crippen LogP contribution in [-0.2, 0) is 27.3 Å². The number of carbonyl (C=O) groups is 2. The van der Waals surface area contributed by atoms with Crippen LogP contribution >= 0.6 is 0 Å². The number of hydrogen-bond donors (Lipinski definition) is 1. The van der Waals surface area contributed by atoms with Gasteiger partial charge in [0.05, 0.1) is 6.61 Å². The molecule has 1 aliphatic heterocycles. The number of aliphatic carboxylic acids is 1. The Labute approximate surface area is 153 Å². The topological polar surface area (TPSA) is 66.8 Å². The van der Waals surface area contributed by atoms with Gasteiger partial charge in [-0.3, -0.25) is 9.59 Å². The van der Waals surface area contributed by atoms with Crippen molar-refractivity contribution in [2.24, 2.45) is 0 Å². The highest BCUT2D eigenvalue weighted by molar-refractivity contribution is 5.83. The summed E-state index contributed by atoms with van der Waals surface area (Å²) in [4.78, 5) is 25.8. The van der Waals surface area contributed by atoms with Crippen molar-refractivity contribution in [2.75, 3.05) is 13.2 Å². The molecular weight excluding hydrogens is 330 g/mol. The lowest BCUT2D eigenvalue weighted by molar-refractivity contribution is -0.146. The molecule has 0 aromatic heterocycles. The van der Waals surface area contributed by atoms with Gasteiger partial charge in [0.1, 0.15) is 0 Å². The summed E-state index contributed by atoms with van der Waals surface area (Å²) in [5, 5.41) is 8.91. The maximum absolute atomic E-state index is 13.2. The quantitative estimate of drug-likeness (QED) is 0.830. The Hall–Kier alpha value is -2.66. The van der Waals surface area contributed by atoms with Gasteiger partial charge in [-0.15, -0.1) is 0 Å². The number of carboxylic acid groups (broad SMARTS) is 1. The van der Waals surface area contributed by atoms with Gasteiger partial charge in [0.15, 0.2) is 6.10 Å². The average Bonchev–Trinajstić information content (AvgIpc) is 2.67. The molecule has 1 N–H and O–H groups in total. The molecule has 2 aromatic carbocycles. The van der Waals surface area contributed by atoms with E-state index in [0.717, 1.165) is 23.1 Å². The predicted octanol–water partition coefficient (Wildman–Crippen LogP) is 3.19. The van der Waals surface area contributed by atoms with E-state index in [-0.39, 0.29) is 12.3 Å². The van der Waals surface area contributed by atoms with E-state index in [4.69, 9.17) is 9.84 Å². The van der Waals surface area contributed by atoms with Crippen LogP contribution in [0.2, 0.25) is 0 Å². The molecular formula is C21H23NO4. The average molecular weight is 353 g/mol. The van der Waals surface area contributed by atoms with Crippen LogP contribution in [-0.4, -0.2) is 35.0 Å². The van der Waals surface area contributed by atoms with E-state index in [1.807, 2.05) is 54.6 Å². The zero-order valence-corrected chi connectivity index (χ0v) is 14.6. The first-order chi connectivity index (χ1) is 12.6. The fourth-order valence-corrected chi connectivity index (χ4v) is 3.26. The Kier molecular flexibility index (Phi) is 6.02. The van der Waals surface area contributed by atoms with Crippen molar-refractivity contribution in [1.29, 1.82) is 0 Å². The second-order valence-corrected chi connectivity index (χ2v) is 6.44. The predicted molar refractivity (Wildman–Crippen MR) is 97.6 cm³/mol. The highest BCUT2D eigenvalue weighted by Gasteiger charge is 2.30. The SMILES string of the molecule is O=C(O)CCCN(Cc1ccccc1)C(=O)C1OCCc2ccccc21. The summed E-state index contributed by atoms with van der Waals surface area (Å²) in [6.07, 6.45) is 0.647. The number of hydrogen-bond acceptors (Lipinski definition) is 3. The van der Waals surface area contributed by atoms with Crippen LogP contribution in [0.4, 0.5) is 0 Å². The number of nitrogens with zero attached hydrogens (tertiary/aromatic N) is 1. The smallest absolute Gasteiger partial charge is 0.303 e. The molecule has 1 aliphatic rings. The molecule has 26 heavy (non-hydrogen) atoms. The number of amides is 1. The standard InChI is InChI=1S/C21H23NO4/c23-19(24)11-6-13-22(15-16-7-2-1-3-8-16)21(25)20-18-10-5-4-9-17(18)12-14-26-20/h1-5,7-10,20H,6,11-15H2,(H,23,24). The van der Waals surface area contributed by atoms with Gasteiger partial charge < -0.3 is 14.7 Å².